The fraction of sp³-hybridized carbons (Fsp3) is 0.500. The molecule has 0 radical (unpaired) electrons. The van der Waals surface area contributed by atoms with Gasteiger partial charge in [0.2, 0.25) is 0 Å². The summed E-state index contributed by atoms with van der Waals surface area (Å²) >= 11 is 0. The van der Waals surface area contributed by atoms with Gasteiger partial charge in [0.15, 0.2) is 12.3 Å². The van der Waals surface area contributed by atoms with E-state index in [4.69, 9.17) is 4.74 Å². The minimum Gasteiger partial charge on any atom is -0.451 e. The standard InChI is InChI=1S/C18H23N3O3/c1-12-6-3-4-8-14(12)20-17(22)11-24-18(23)15-10-21-13(2)7-5-9-16(21)19-15/h5,7,9-10,12,14H,3-4,6,8,11H2,1-2H3,(H,20,22)/t12-,14+/m1/s1. The molecular formula is C18H23N3O3. The first-order valence-electron chi connectivity index (χ1n) is 8.46. The van der Waals surface area contributed by atoms with Gasteiger partial charge in [-0.1, -0.05) is 25.8 Å². The van der Waals surface area contributed by atoms with E-state index in [1.54, 1.807) is 6.20 Å². The van der Waals surface area contributed by atoms with Crippen molar-refractivity contribution in [3.8, 4) is 0 Å². The molecule has 6 heteroatoms. The van der Waals surface area contributed by atoms with Gasteiger partial charge >= 0.3 is 5.97 Å². The molecule has 2 aromatic rings. The molecule has 0 aliphatic heterocycles. The fourth-order valence-corrected chi connectivity index (χ4v) is 3.23. The summed E-state index contributed by atoms with van der Waals surface area (Å²) in [5, 5.41) is 2.97. The molecule has 0 saturated heterocycles. The second-order valence-corrected chi connectivity index (χ2v) is 6.53. The first-order valence-corrected chi connectivity index (χ1v) is 8.46. The number of aryl methyl sites for hydroxylation is 1. The number of esters is 1. The lowest BCUT2D eigenvalue weighted by Crippen LogP contribution is -2.42. The van der Waals surface area contributed by atoms with Crippen LogP contribution in [0.2, 0.25) is 0 Å². The summed E-state index contributed by atoms with van der Waals surface area (Å²) in [5.74, 6) is -0.355. The van der Waals surface area contributed by atoms with Crippen molar-refractivity contribution in [2.75, 3.05) is 6.61 Å². The van der Waals surface area contributed by atoms with Crippen molar-refractivity contribution in [3.63, 3.8) is 0 Å². The number of hydrogen-bond donors (Lipinski definition) is 1. The number of carbonyl (C=O) groups is 2. The molecule has 1 amide bonds. The van der Waals surface area contributed by atoms with Crippen LogP contribution in [0.5, 0.6) is 0 Å². The SMILES string of the molecule is Cc1cccc2nc(C(=O)OCC(=O)N[C@H]3CCCC[C@H]3C)cn12. The Labute approximate surface area is 141 Å². The number of imidazole rings is 1. The van der Waals surface area contributed by atoms with Crippen molar-refractivity contribution in [2.24, 2.45) is 5.92 Å². The minimum atomic E-state index is -0.579. The Morgan fingerprint density at radius 3 is 2.88 bits per heavy atom. The first kappa shape index (κ1) is 16.5. The van der Waals surface area contributed by atoms with Gasteiger partial charge in [0.1, 0.15) is 5.65 Å². The zero-order chi connectivity index (χ0) is 17.1. The van der Waals surface area contributed by atoms with E-state index in [-0.39, 0.29) is 24.2 Å². The van der Waals surface area contributed by atoms with Gasteiger partial charge in [-0.2, -0.15) is 0 Å². The largest absolute Gasteiger partial charge is 0.451 e. The van der Waals surface area contributed by atoms with Crippen molar-refractivity contribution < 1.29 is 14.3 Å². The van der Waals surface area contributed by atoms with E-state index in [2.05, 4.69) is 17.2 Å². The third kappa shape index (κ3) is 3.58. The number of fused-ring (bicyclic) bond motifs is 1. The lowest BCUT2D eigenvalue weighted by Gasteiger charge is -2.29. The second-order valence-electron chi connectivity index (χ2n) is 6.53. The molecule has 3 rings (SSSR count). The van der Waals surface area contributed by atoms with Crippen molar-refractivity contribution in [3.05, 3.63) is 35.8 Å². The van der Waals surface area contributed by atoms with Crippen LogP contribution in [0, 0.1) is 12.8 Å². The monoisotopic (exact) mass is 329 g/mol. The molecule has 24 heavy (non-hydrogen) atoms. The van der Waals surface area contributed by atoms with Crippen molar-refractivity contribution >= 4 is 17.5 Å². The van der Waals surface area contributed by atoms with E-state index >= 15 is 0 Å². The average Bonchev–Trinajstić information content (AvgIpc) is 3.00. The lowest BCUT2D eigenvalue weighted by molar-refractivity contribution is -0.125. The summed E-state index contributed by atoms with van der Waals surface area (Å²) in [4.78, 5) is 28.3. The van der Waals surface area contributed by atoms with Gasteiger partial charge in [0, 0.05) is 17.9 Å². The van der Waals surface area contributed by atoms with Crippen LogP contribution in [0.1, 0.15) is 48.8 Å². The summed E-state index contributed by atoms with van der Waals surface area (Å²) < 4.78 is 6.93. The molecule has 0 unspecified atom stereocenters. The molecule has 1 aliphatic carbocycles. The molecule has 0 aromatic carbocycles. The molecule has 1 fully saturated rings. The number of amides is 1. The Balaban J connectivity index is 1.56. The summed E-state index contributed by atoms with van der Waals surface area (Å²) in [6, 6.07) is 5.82. The number of pyridine rings is 1. The summed E-state index contributed by atoms with van der Waals surface area (Å²) in [6.07, 6.45) is 6.11. The molecular weight excluding hydrogens is 306 g/mol. The predicted octanol–water partition coefficient (Wildman–Crippen LogP) is 2.49. The summed E-state index contributed by atoms with van der Waals surface area (Å²) in [5.41, 5.74) is 1.87. The summed E-state index contributed by atoms with van der Waals surface area (Å²) in [6.45, 7) is 3.81. The number of nitrogens with zero attached hydrogens (tertiary/aromatic N) is 2. The zero-order valence-corrected chi connectivity index (χ0v) is 14.1. The molecule has 0 spiro atoms. The molecule has 0 bridgehead atoms. The van der Waals surface area contributed by atoms with Gasteiger partial charge in [0.25, 0.3) is 5.91 Å². The van der Waals surface area contributed by atoms with Gasteiger partial charge in [-0.05, 0) is 37.8 Å². The zero-order valence-electron chi connectivity index (χ0n) is 14.1. The predicted molar refractivity (Wildman–Crippen MR) is 89.8 cm³/mol. The van der Waals surface area contributed by atoms with E-state index in [0.717, 1.165) is 25.0 Å². The quantitative estimate of drug-likeness (QED) is 0.875. The van der Waals surface area contributed by atoms with E-state index in [1.807, 2.05) is 29.5 Å². The van der Waals surface area contributed by atoms with Crippen molar-refractivity contribution in [2.45, 2.75) is 45.6 Å². The Hall–Kier alpha value is -2.37. The molecule has 6 nitrogen and oxygen atoms in total. The van der Waals surface area contributed by atoms with E-state index in [9.17, 15) is 9.59 Å². The molecule has 2 aromatic heterocycles. The smallest absolute Gasteiger partial charge is 0.359 e. The number of aromatic nitrogens is 2. The van der Waals surface area contributed by atoms with Crippen LogP contribution in [-0.4, -0.2) is 33.9 Å². The molecule has 2 heterocycles. The maximum absolute atomic E-state index is 12.1. The van der Waals surface area contributed by atoms with Crippen LogP contribution in [0.25, 0.3) is 5.65 Å². The van der Waals surface area contributed by atoms with Crippen LogP contribution in [0.4, 0.5) is 0 Å². The Bertz CT molecular complexity index is 753. The number of ether oxygens (including phenoxy) is 1. The van der Waals surface area contributed by atoms with Crippen LogP contribution in [0.3, 0.4) is 0 Å². The Morgan fingerprint density at radius 2 is 2.12 bits per heavy atom. The maximum atomic E-state index is 12.1. The topological polar surface area (TPSA) is 72.7 Å². The third-order valence-corrected chi connectivity index (χ3v) is 4.70. The van der Waals surface area contributed by atoms with Gasteiger partial charge in [-0.15, -0.1) is 0 Å². The molecule has 1 N–H and O–H groups in total. The normalized spacial score (nSPS) is 20.8. The van der Waals surface area contributed by atoms with Crippen molar-refractivity contribution in [1.82, 2.24) is 14.7 Å². The lowest BCUT2D eigenvalue weighted by atomic mass is 9.86. The Morgan fingerprint density at radius 1 is 1.33 bits per heavy atom. The fourth-order valence-electron chi connectivity index (χ4n) is 3.23. The molecule has 1 saturated carbocycles. The molecule has 128 valence electrons. The van der Waals surface area contributed by atoms with Crippen LogP contribution in [-0.2, 0) is 9.53 Å². The number of carbonyl (C=O) groups excluding carboxylic acids is 2. The third-order valence-electron chi connectivity index (χ3n) is 4.70. The van der Waals surface area contributed by atoms with Gasteiger partial charge in [-0.25, -0.2) is 9.78 Å². The first-order chi connectivity index (χ1) is 11.5. The average molecular weight is 329 g/mol. The van der Waals surface area contributed by atoms with Crippen LogP contribution >= 0.6 is 0 Å². The highest BCUT2D eigenvalue weighted by Crippen LogP contribution is 2.23. The molecule has 1 aliphatic rings. The number of nitrogens with one attached hydrogen (secondary N) is 1. The summed E-state index contributed by atoms with van der Waals surface area (Å²) in [7, 11) is 0. The van der Waals surface area contributed by atoms with Crippen LogP contribution in [0.15, 0.2) is 24.4 Å². The highest BCUT2D eigenvalue weighted by Gasteiger charge is 2.23. The van der Waals surface area contributed by atoms with Gasteiger partial charge in [-0.3, -0.25) is 4.79 Å². The van der Waals surface area contributed by atoms with E-state index in [0.29, 0.717) is 11.6 Å². The Kier molecular flexibility index (Phi) is 4.83. The number of hydrogen-bond acceptors (Lipinski definition) is 4. The minimum absolute atomic E-state index is 0.183. The van der Waals surface area contributed by atoms with Crippen LogP contribution < -0.4 is 5.32 Å². The second kappa shape index (κ2) is 7.03. The molecule has 2 atom stereocenters. The number of rotatable bonds is 4. The van der Waals surface area contributed by atoms with Crippen molar-refractivity contribution in [1.29, 1.82) is 0 Å². The van der Waals surface area contributed by atoms with E-state index < -0.39 is 5.97 Å². The highest BCUT2D eigenvalue weighted by molar-refractivity contribution is 5.90. The van der Waals surface area contributed by atoms with Gasteiger partial charge < -0.3 is 14.5 Å². The van der Waals surface area contributed by atoms with E-state index in [1.165, 1.54) is 6.42 Å². The maximum Gasteiger partial charge on any atom is 0.359 e. The van der Waals surface area contributed by atoms with Gasteiger partial charge in [0.05, 0.1) is 0 Å². The highest BCUT2D eigenvalue weighted by atomic mass is 16.5.